The molecule has 0 aromatic heterocycles. The van der Waals surface area contributed by atoms with E-state index in [1.165, 1.54) is 0 Å². The first-order chi connectivity index (χ1) is 14.0. The summed E-state index contributed by atoms with van der Waals surface area (Å²) in [5.74, 6) is -7.82. The highest BCUT2D eigenvalue weighted by Gasteiger charge is 2.38. The lowest BCUT2D eigenvalue weighted by Gasteiger charge is -2.23. The molecule has 0 bridgehead atoms. The highest BCUT2D eigenvalue weighted by molar-refractivity contribution is 14.1. The third-order valence-electron chi connectivity index (χ3n) is 4.74. The van der Waals surface area contributed by atoms with Crippen molar-refractivity contribution in [2.45, 2.75) is 0 Å². The molecular weight excluding hydrogens is 511 g/mol. The second-order valence-corrected chi connectivity index (χ2v) is 7.65. The minimum absolute atomic E-state index is 0.119. The van der Waals surface area contributed by atoms with Crippen LogP contribution in [-0.4, -0.2) is 48.7 Å². The van der Waals surface area contributed by atoms with Gasteiger partial charge in [-0.3, -0.25) is 19.2 Å². The molecule has 150 valence electrons. The van der Waals surface area contributed by atoms with Gasteiger partial charge in [0.25, 0.3) is 0 Å². The number of halogens is 1. The van der Waals surface area contributed by atoms with Crippen molar-refractivity contribution in [3.63, 3.8) is 0 Å². The topological polar surface area (TPSA) is 169 Å². The van der Waals surface area contributed by atoms with Gasteiger partial charge in [0.05, 0.1) is 11.1 Å². The van der Waals surface area contributed by atoms with Gasteiger partial charge in [0, 0.05) is 44.0 Å². The summed E-state index contributed by atoms with van der Waals surface area (Å²) in [7, 11) is 0. The van der Waals surface area contributed by atoms with Gasteiger partial charge in [0.15, 0.2) is 23.1 Å². The van der Waals surface area contributed by atoms with Crippen LogP contribution in [0.3, 0.4) is 0 Å². The zero-order chi connectivity index (χ0) is 22.1. The molecule has 9 nitrogen and oxygen atoms in total. The zero-order valence-electron chi connectivity index (χ0n) is 14.6. The summed E-state index contributed by atoms with van der Waals surface area (Å²) < 4.78 is 0.119. The number of phenols is 3. The molecule has 5 N–H and O–H groups in total. The summed E-state index contributed by atoms with van der Waals surface area (Å²) in [6.07, 6.45) is 1.20. The lowest BCUT2D eigenvalue weighted by Crippen LogP contribution is -2.21. The molecule has 2 aliphatic rings. The first-order valence-electron chi connectivity index (χ1n) is 8.18. The molecule has 0 radical (unpaired) electrons. The van der Waals surface area contributed by atoms with Gasteiger partial charge in [0.1, 0.15) is 17.2 Å². The van der Waals surface area contributed by atoms with E-state index in [0.717, 1.165) is 6.07 Å². The normalized spacial score (nSPS) is 15.5. The molecule has 0 saturated carbocycles. The standard InChI is InChI=1S/C20H9IO9/c21-5-1-6(22)15(14-8(24)3-11(27)19(29)13(5)14)16-7(23)2-10(26)18-17(16)9(25)4-12(28)20(18)30/h1-4,22-23,26-28H. The van der Waals surface area contributed by atoms with Crippen LogP contribution in [0.25, 0.3) is 11.1 Å². The number of carbonyl (C=O) groups is 4. The molecule has 0 fully saturated rings. The molecule has 4 rings (SSSR count). The number of phenolic OH excluding ortho intramolecular Hbond substituents is 3. The lowest BCUT2D eigenvalue weighted by atomic mass is 9.80. The molecule has 0 amide bonds. The number of ketones is 4. The van der Waals surface area contributed by atoms with E-state index in [1.807, 2.05) is 0 Å². The zero-order valence-corrected chi connectivity index (χ0v) is 16.7. The fourth-order valence-electron chi connectivity index (χ4n) is 3.52. The molecule has 10 heteroatoms. The first-order valence-corrected chi connectivity index (χ1v) is 9.26. The van der Waals surface area contributed by atoms with Crippen molar-refractivity contribution in [3.05, 3.63) is 61.6 Å². The predicted molar refractivity (Wildman–Crippen MR) is 108 cm³/mol. The monoisotopic (exact) mass is 520 g/mol. The Morgan fingerprint density at radius 3 is 1.47 bits per heavy atom. The number of aliphatic hydroxyl groups excluding tert-OH is 2. The van der Waals surface area contributed by atoms with Crippen LogP contribution < -0.4 is 0 Å². The molecular formula is C20H9IO9. The summed E-state index contributed by atoms with van der Waals surface area (Å²) in [6.45, 7) is 0. The van der Waals surface area contributed by atoms with Crippen molar-refractivity contribution < 1.29 is 44.7 Å². The maximum atomic E-state index is 12.6. The molecule has 0 aliphatic heterocycles. The number of hydrogen-bond acceptors (Lipinski definition) is 9. The van der Waals surface area contributed by atoms with Gasteiger partial charge in [0.2, 0.25) is 11.6 Å². The molecule has 2 aliphatic carbocycles. The van der Waals surface area contributed by atoms with E-state index in [0.29, 0.717) is 18.2 Å². The lowest BCUT2D eigenvalue weighted by molar-refractivity contribution is 0.0935. The average Bonchev–Trinajstić information content (AvgIpc) is 2.64. The quantitative estimate of drug-likeness (QED) is 0.355. The van der Waals surface area contributed by atoms with Gasteiger partial charge in [-0.25, -0.2) is 0 Å². The van der Waals surface area contributed by atoms with Gasteiger partial charge >= 0.3 is 0 Å². The van der Waals surface area contributed by atoms with E-state index in [9.17, 15) is 44.7 Å². The number of fused-ring (bicyclic) bond motifs is 2. The third kappa shape index (κ3) is 2.53. The number of allylic oxidation sites excluding steroid dienone is 4. The van der Waals surface area contributed by atoms with Gasteiger partial charge in [-0.2, -0.15) is 0 Å². The first kappa shape index (κ1) is 19.6. The van der Waals surface area contributed by atoms with Crippen LogP contribution >= 0.6 is 22.6 Å². The number of benzene rings is 2. The van der Waals surface area contributed by atoms with E-state index in [1.54, 1.807) is 22.6 Å². The molecule has 0 heterocycles. The van der Waals surface area contributed by atoms with Crippen molar-refractivity contribution in [1.29, 1.82) is 0 Å². The molecule has 30 heavy (non-hydrogen) atoms. The maximum absolute atomic E-state index is 12.6. The third-order valence-corrected chi connectivity index (χ3v) is 5.59. The Balaban J connectivity index is 2.20. The number of aliphatic hydroxyl groups is 2. The Hall–Kier alpha value is -3.67. The van der Waals surface area contributed by atoms with Crippen molar-refractivity contribution in [2.24, 2.45) is 0 Å². The van der Waals surface area contributed by atoms with E-state index < -0.39 is 79.7 Å². The number of aromatic hydroxyl groups is 3. The molecule has 2 aromatic rings. The summed E-state index contributed by atoms with van der Waals surface area (Å²) >= 11 is 1.67. The van der Waals surface area contributed by atoms with Gasteiger partial charge in [-0.1, -0.05) is 0 Å². The summed E-state index contributed by atoms with van der Waals surface area (Å²) in [6, 6.07) is 1.80. The second-order valence-electron chi connectivity index (χ2n) is 6.49. The van der Waals surface area contributed by atoms with E-state index >= 15 is 0 Å². The van der Waals surface area contributed by atoms with Crippen molar-refractivity contribution in [2.75, 3.05) is 0 Å². The van der Waals surface area contributed by atoms with Crippen molar-refractivity contribution in [3.8, 4) is 28.4 Å². The Kier molecular flexibility index (Phi) is 4.20. The van der Waals surface area contributed by atoms with Crippen LogP contribution in [0.1, 0.15) is 41.4 Å². The van der Waals surface area contributed by atoms with Gasteiger partial charge < -0.3 is 25.5 Å². The Bertz CT molecular complexity index is 1210. The minimum atomic E-state index is -1.11. The minimum Gasteiger partial charge on any atom is -0.507 e. The number of rotatable bonds is 1. The van der Waals surface area contributed by atoms with Crippen LogP contribution in [0, 0.1) is 3.57 Å². The van der Waals surface area contributed by atoms with Crippen LogP contribution in [-0.2, 0) is 0 Å². The van der Waals surface area contributed by atoms with Crippen molar-refractivity contribution in [1.82, 2.24) is 0 Å². The molecule has 0 atom stereocenters. The Morgan fingerprint density at radius 1 is 0.533 bits per heavy atom. The van der Waals surface area contributed by atoms with E-state index in [-0.39, 0.29) is 9.13 Å². The van der Waals surface area contributed by atoms with Crippen LogP contribution in [0.4, 0.5) is 0 Å². The number of carbonyl (C=O) groups excluding carboxylic acids is 4. The van der Waals surface area contributed by atoms with E-state index in [2.05, 4.69) is 0 Å². The predicted octanol–water partition coefficient (Wildman–Crippen LogP) is 2.72. The molecule has 0 spiro atoms. The second kappa shape index (κ2) is 6.42. The Labute approximate surface area is 180 Å². The van der Waals surface area contributed by atoms with Gasteiger partial charge in [-0.15, -0.1) is 0 Å². The Morgan fingerprint density at radius 2 is 0.933 bits per heavy atom. The number of hydrogen-bond donors (Lipinski definition) is 5. The highest BCUT2D eigenvalue weighted by atomic mass is 127. The summed E-state index contributed by atoms with van der Waals surface area (Å²) in [4.78, 5) is 50.0. The maximum Gasteiger partial charge on any atom is 0.231 e. The fraction of sp³-hybridized carbons (Fsp3) is 0. The smallest absolute Gasteiger partial charge is 0.231 e. The van der Waals surface area contributed by atoms with Crippen LogP contribution in [0.5, 0.6) is 17.2 Å². The average molecular weight is 520 g/mol. The van der Waals surface area contributed by atoms with Crippen molar-refractivity contribution >= 4 is 45.7 Å². The molecule has 2 aromatic carbocycles. The molecule has 0 saturated heterocycles. The summed E-state index contributed by atoms with van der Waals surface area (Å²) in [5, 5.41) is 50.6. The number of Topliss-reactive ketones (excluding diaryl/α,β-unsaturated/α-hetero) is 2. The molecule has 0 unspecified atom stereocenters. The fourth-order valence-corrected chi connectivity index (χ4v) is 4.33. The largest absolute Gasteiger partial charge is 0.507 e. The van der Waals surface area contributed by atoms with Crippen LogP contribution in [0.15, 0.2) is 35.8 Å². The highest BCUT2D eigenvalue weighted by Crippen LogP contribution is 2.48. The van der Waals surface area contributed by atoms with E-state index in [4.69, 9.17) is 0 Å². The van der Waals surface area contributed by atoms with Gasteiger partial charge in [-0.05, 0) is 28.7 Å². The van der Waals surface area contributed by atoms with Crippen LogP contribution in [0.2, 0.25) is 0 Å². The summed E-state index contributed by atoms with van der Waals surface area (Å²) in [5.41, 5.74) is -2.77. The SMILES string of the molecule is O=C1C(O)=CC(=O)c2c1c(O)cc(O)c2-c1c(O)cc(I)c2c1C(=O)C=C(O)C2=O.